The molecule has 3 aliphatic rings. The maximum absolute atomic E-state index is 12.7. The molecule has 3 N–H and O–H groups in total. The Morgan fingerprint density at radius 1 is 1.19 bits per heavy atom. The molecule has 8 nitrogen and oxygen atoms in total. The third kappa shape index (κ3) is 4.22. The predicted octanol–water partition coefficient (Wildman–Crippen LogP) is 0.795. The lowest BCUT2D eigenvalue weighted by Gasteiger charge is -2.40. The first-order valence-corrected chi connectivity index (χ1v) is 9.48. The molecule has 0 unspecified atom stereocenters. The van der Waals surface area contributed by atoms with Crippen LogP contribution in [0.4, 0.5) is 0 Å². The van der Waals surface area contributed by atoms with Gasteiger partial charge in [0.15, 0.2) is 5.69 Å². The van der Waals surface area contributed by atoms with Crippen LogP contribution < -0.4 is 0 Å². The van der Waals surface area contributed by atoms with Gasteiger partial charge in [-0.2, -0.15) is 0 Å². The highest BCUT2D eigenvalue weighted by molar-refractivity contribution is 5.95. The molecule has 4 rings (SSSR count). The van der Waals surface area contributed by atoms with E-state index in [0.717, 1.165) is 25.9 Å². The minimum atomic E-state index is -0.289. The van der Waals surface area contributed by atoms with Crippen molar-refractivity contribution >= 4 is 12.4 Å². The number of carbonyl (C=O) groups excluding carboxylic acids is 1. The SMILES string of the molecule is O=C(c1ncccc1O)N1C[C@H]2C[C@@H](N3CCCC3)[C@H](O)C[C@H]2C1.O=CO. The number of likely N-dealkylation sites (tertiary alicyclic amines) is 2. The van der Waals surface area contributed by atoms with E-state index in [2.05, 4.69) is 9.88 Å². The standard InChI is InChI=1S/C18H25N3O3.CH2O2/c22-15-4-3-5-19-17(15)18(24)21-10-12-8-14(20-6-1-2-7-20)16(23)9-13(12)11-21;2-1-3/h3-5,12-14,16,22-23H,1-2,6-11H2;1H,(H,2,3)/t12-,13+,14-,16-;/m1./s1. The number of fused-ring (bicyclic) bond motifs is 1. The fourth-order valence-electron chi connectivity index (χ4n) is 4.75. The summed E-state index contributed by atoms with van der Waals surface area (Å²) in [5.41, 5.74) is 0.132. The number of nitrogens with zero attached hydrogens (tertiary/aromatic N) is 3. The maximum atomic E-state index is 12.7. The number of aliphatic hydroxyl groups excluding tert-OH is 1. The fraction of sp³-hybridized carbons (Fsp3) is 0.632. The summed E-state index contributed by atoms with van der Waals surface area (Å²) in [7, 11) is 0. The Hall–Kier alpha value is -2.19. The Morgan fingerprint density at radius 3 is 2.44 bits per heavy atom. The molecule has 0 radical (unpaired) electrons. The summed E-state index contributed by atoms with van der Waals surface area (Å²) in [6.45, 7) is 3.28. The van der Waals surface area contributed by atoms with Gasteiger partial charge in [-0.15, -0.1) is 0 Å². The van der Waals surface area contributed by atoms with Gasteiger partial charge in [0, 0.05) is 25.3 Å². The zero-order chi connectivity index (χ0) is 19.4. The van der Waals surface area contributed by atoms with Crippen molar-refractivity contribution in [1.82, 2.24) is 14.8 Å². The lowest BCUT2D eigenvalue weighted by Crippen LogP contribution is -2.48. The molecule has 148 valence electrons. The van der Waals surface area contributed by atoms with E-state index in [0.29, 0.717) is 24.9 Å². The molecule has 2 aliphatic heterocycles. The second-order valence-corrected chi connectivity index (χ2v) is 7.56. The Morgan fingerprint density at radius 2 is 1.81 bits per heavy atom. The largest absolute Gasteiger partial charge is 0.505 e. The smallest absolute Gasteiger partial charge is 0.290 e. The van der Waals surface area contributed by atoms with E-state index in [1.165, 1.54) is 25.1 Å². The summed E-state index contributed by atoms with van der Waals surface area (Å²) in [5, 5.41) is 27.3. The van der Waals surface area contributed by atoms with Crippen molar-refractivity contribution in [3.63, 3.8) is 0 Å². The van der Waals surface area contributed by atoms with Crippen molar-refractivity contribution in [3.05, 3.63) is 24.0 Å². The molecule has 1 aliphatic carbocycles. The van der Waals surface area contributed by atoms with Crippen molar-refractivity contribution < 1.29 is 24.9 Å². The van der Waals surface area contributed by atoms with Gasteiger partial charge in [0.25, 0.3) is 12.4 Å². The monoisotopic (exact) mass is 377 g/mol. The van der Waals surface area contributed by atoms with Gasteiger partial charge >= 0.3 is 0 Å². The minimum Gasteiger partial charge on any atom is -0.505 e. The highest BCUT2D eigenvalue weighted by Crippen LogP contribution is 2.39. The molecule has 27 heavy (non-hydrogen) atoms. The van der Waals surface area contributed by atoms with E-state index < -0.39 is 0 Å². The van der Waals surface area contributed by atoms with Crippen LogP contribution in [0.25, 0.3) is 0 Å². The summed E-state index contributed by atoms with van der Waals surface area (Å²) in [5.74, 6) is 0.532. The number of aromatic hydroxyl groups is 1. The Bertz CT molecular complexity index is 665. The quantitative estimate of drug-likeness (QED) is 0.653. The van der Waals surface area contributed by atoms with Crippen LogP contribution in [-0.4, -0.2) is 80.8 Å². The highest BCUT2D eigenvalue weighted by Gasteiger charge is 2.45. The number of hydrogen-bond donors (Lipinski definition) is 3. The van der Waals surface area contributed by atoms with Gasteiger partial charge in [0.1, 0.15) is 5.75 Å². The molecule has 8 heteroatoms. The first kappa shape index (κ1) is 19.6. The molecule has 3 heterocycles. The Labute approximate surface area is 158 Å². The molecule has 2 saturated heterocycles. The highest BCUT2D eigenvalue weighted by atomic mass is 16.3. The van der Waals surface area contributed by atoms with E-state index >= 15 is 0 Å². The molecule has 0 aromatic carbocycles. The fourth-order valence-corrected chi connectivity index (χ4v) is 4.75. The van der Waals surface area contributed by atoms with E-state index in [1.54, 1.807) is 11.0 Å². The van der Waals surface area contributed by atoms with Gasteiger partial charge in [-0.3, -0.25) is 14.5 Å². The second-order valence-electron chi connectivity index (χ2n) is 7.56. The second kappa shape index (κ2) is 8.67. The predicted molar refractivity (Wildman–Crippen MR) is 97.3 cm³/mol. The van der Waals surface area contributed by atoms with Gasteiger partial charge in [0.2, 0.25) is 0 Å². The molecular formula is C19H27N3O5. The zero-order valence-corrected chi connectivity index (χ0v) is 15.3. The lowest BCUT2D eigenvalue weighted by molar-refractivity contribution is -0.122. The topological polar surface area (TPSA) is 114 Å². The van der Waals surface area contributed by atoms with Crippen molar-refractivity contribution in [1.29, 1.82) is 0 Å². The summed E-state index contributed by atoms with van der Waals surface area (Å²) in [6.07, 6.45) is 5.42. The summed E-state index contributed by atoms with van der Waals surface area (Å²) in [6, 6.07) is 3.36. The number of aromatic nitrogens is 1. The summed E-state index contributed by atoms with van der Waals surface area (Å²) < 4.78 is 0. The number of rotatable bonds is 2. The maximum Gasteiger partial charge on any atom is 0.290 e. The number of amides is 1. The Balaban J connectivity index is 0.000000659. The van der Waals surface area contributed by atoms with Gasteiger partial charge in [-0.1, -0.05) is 0 Å². The molecule has 1 amide bonds. The number of aliphatic hydroxyl groups is 1. The molecule has 4 atom stereocenters. The van der Waals surface area contributed by atoms with Crippen LogP contribution in [0.15, 0.2) is 18.3 Å². The first-order chi connectivity index (χ1) is 13.0. The van der Waals surface area contributed by atoms with Crippen molar-refractivity contribution in [3.8, 4) is 5.75 Å². The van der Waals surface area contributed by atoms with E-state index in [-0.39, 0.29) is 36.0 Å². The number of hydrogen-bond acceptors (Lipinski definition) is 6. The molecule has 1 aromatic rings. The molecule has 1 aromatic heterocycles. The summed E-state index contributed by atoms with van der Waals surface area (Å²) in [4.78, 5) is 29.3. The summed E-state index contributed by atoms with van der Waals surface area (Å²) >= 11 is 0. The average molecular weight is 377 g/mol. The molecule has 1 saturated carbocycles. The van der Waals surface area contributed by atoms with Crippen molar-refractivity contribution in [2.24, 2.45) is 11.8 Å². The number of carboxylic acid groups (broad SMARTS) is 1. The van der Waals surface area contributed by atoms with Gasteiger partial charge < -0.3 is 20.2 Å². The molecular weight excluding hydrogens is 350 g/mol. The zero-order valence-electron chi connectivity index (χ0n) is 15.3. The molecule has 3 fully saturated rings. The van der Waals surface area contributed by atoms with Crippen molar-refractivity contribution in [2.45, 2.75) is 37.8 Å². The van der Waals surface area contributed by atoms with Crippen LogP contribution in [-0.2, 0) is 4.79 Å². The van der Waals surface area contributed by atoms with Crippen LogP contribution in [0.5, 0.6) is 5.75 Å². The van der Waals surface area contributed by atoms with Gasteiger partial charge in [-0.05, 0) is 62.7 Å². The van der Waals surface area contributed by atoms with E-state index in [4.69, 9.17) is 9.90 Å². The van der Waals surface area contributed by atoms with E-state index in [9.17, 15) is 15.0 Å². The molecule has 0 spiro atoms. The van der Waals surface area contributed by atoms with Crippen LogP contribution >= 0.6 is 0 Å². The third-order valence-corrected chi connectivity index (χ3v) is 5.99. The van der Waals surface area contributed by atoms with Crippen molar-refractivity contribution in [2.75, 3.05) is 26.2 Å². The van der Waals surface area contributed by atoms with E-state index in [1.807, 2.05) is 0 Å². The number of carbonyl (C=O) groups is 2. The third-order valence-electron chi connectivity index (χ3n) is 5.99. The molecule has 0 bridgehead atoms. The Kier molecular flexibility index (Phi) is 6.28. The van der Waals surface area contributed by atoms with Crippen LogP contribution in [0.3, 0.4) is 0 Å². The minimum absolute atomic E-state index is 0.0626. The average Bonchev–Trinajstić information content (AvgIpc) is 3.31. The number of pyridine rings is 1. The van der Waals surface area contributed by atoms with Crippen LogP contribution in [0.2, 0.25) is 0 Å². The van der Waals surface area contributed by atoms with Gasteiger partial charge in [0.05, 0.1) is 6.10 Å². The first-order valence-electron chi connectivity index (χ1n) is 9.48. The van der Waals surface area contributed by atoms with Crippen LogP contribution in [0, 0.1) is 11.8 Å². The lowest BCUT2D eigenvalue weighted by atomic mass is 9.77. The van der Waals surface area contributed by atoms with Gasteiger partial charge in [-0.25, -0.2) is 4.98 Å². The van der Waals surface area contributed by atoms with Crippen LogP contribution in [0.1, 0.15) is 36.2 Å². The normalized spacial score (nSPS) is 30.3.